The Kier molecular flexibility index (Phi) is 3.67. The van der Waals surface area contributed by atoms with Crippen molar-refractivity contribution in [3.63, 3.8) is 0 Å². The quantitative estimate of drug-likeness (QED) is 0.488. The number of nitrogens with one attached hydrogen (secondary N) is 1. The van der Waals surface area contributed by atoms with Crippen molar-refractivity contribution in [2.75, 3.05) is 5.75 Å². The monoisotopic (exact) mass is 196 g/mol. The van der Waals surface area contributed by atoms with Crippen LogP contribution in [0.5, 0.6) is 0 Å². The maximum absolute atomic E-state index is 10.4. The van der Waals surface area contributed by atoms with E-state index in [9.17, 15) is 4.79 Å². The lowest BCUT2D eigenvalue weighted by atomic mass is 10.3. The van der Waals surface area contributed by atoms with Gasteiger partial charge in [0.15, 0.2) is 0 Å². The van der Waals surface area contributed by atoms with E-state index < -0.39 is 5.97 Å². The summed E-state index contributed by atoms with van der Waals surface area (Å²) in [6.45, 7) is 3.97. The topological polar surface area (TPSA) is 49.3 Å². The number of carboxylic acids is 1. The van der Waals surface area contributed by atoms with E-state index >= 15 is 0 Å². The van der Waals surface area contributed by atoms with Gasteiger partial charge in [-0.2, -0.15) is 0 Å². The maximum Gasteiger partial charge on any atom is 0.321 e. The number of carboxylic acid groups (broad SMARTS) is 1. The predicted molar refractivity (Wildman–Crippen MR) is 41.1 cm³/mol. The van der Waals surface area contributed by atoms with Crippen LogP contribution in [0.4, 0.5) is 0 Å². The molecule has 3 nitrogen and oxygen atoms in total. The molecule has 0 aromatic heterocycles. The fraction of sp³-hybridized carbons (Fsp3) is 0.833. The summed E-state index contributed by atoms with van der Waals surface area (Å²) in [6, 6.07) is -0.361. The summed E-state index contributed by atoms with van der Waals surface area (Å²) < 4.78 is 0. The highest BCUT2D eigenvalue weighted by Crippen LogP contribution is 2.28. The summed E-state index contributed by atoms with van der Waals surface area (Å²) in [4.78, 5) is 10.3. The second kappa shape index (κ2) is 3.65. The Balaban J connectivity index is 0.000001000. The fourth-order valence-electron chi connectivity index (χ4n) is 0.928. The van der Waals surface area contributed by atoms with E-state index in [1.54, 1.807) is 11.8 Å². The highest BCUT2D eigenvalue weighted by Gasteiger charge is 2.34. The molecule has 0 radical (unpaired) electrons. The van der Waals surface area contributed by atoms with Crippen molar-refractivity contribution in [1.82, 2.24) is 5.32 Å². The molecule has 1 unspecified atom stereocenters. The Bertz CT molecular complexity index is 163. The minimum atomic E-state index is -0.752. The first-order chi connectivity index (χ1) is 4.51. The zero-order chi connectivity index (χ0) is 7.78. The summed E-state index contributed by atoms with van der Waals surface area (Å²) in [5.74, 6) is -0.0828. The molecular formula is C6H11ClNO2S-. The molecule has 11 heavy (non-hydrogen) atoms. The first-order valence-corrected chi connectivity index (χ1v) is 4.14. The molecule has 5 heteroatoms. The zero-order valence-corrected chi connectivity index (χ0v) is 8.00. The third-order valence-corrected chi connectivity index (χ3v) is 2.77. The average Bonchev–Trinajstić information content (AvgIpc) is 2.10. The molecule has 1 heterocycles. The van der Waals surface area contributed by atoms with Gasteiger partial charge in [0.1, 0.15) is 6.04 Å². The molecule has 0 aliphatic carbocycles. The van der Waals surface area contributed by atoms with Crippen molar-refractivity contribution in [3.8, 4) is 0 Å². The number of rotatable bonds is 1. The molecule has 1 fully saturated rings. The highest BCUT2D eigenvalue weighted by atomic mass is 35.5. The molecule has 1 saturated heterocycles. The van der Waals surface area contributed by atoms with E-state index in [-0.39, 0.29) is 23.3 Å². The second-order valence-corrected chi connectivity index (χ2v) is 4.50. The van der Waals surface area contributed by atoms with Gasteiger partial charge in [0, 0.05) is 5.75 Å². The van der Waals surface area contributed by atoms with Gasteiger partial charge >= 0.3 is 5.97 Å². The Morgan fingerprint density at radius 2 is 2.27 bits per heavy atom. The third kappa shape index (κ3) is 2.89. The van der Waals surface area contributed by atoms with Crippen LogP contribution in [0.3, 0.4) is 0 Å². The molecule has 0 bridgehead atoms. The molecular weight excluding hydrogens is 186 g/mol. The Labute approximate surface area is 76.3 Å². The average molecular weight is 197 g/mol. The third-order valence-electron chi connectivity index (χ3n) is 1.43. The van der Waals surface area contributed by atoms with Gasteiger partial charge in [0.25, 0.3) is 0 Å². The Morgan fingerprint density at radius 3 is 2.45 bits per heavy atom. The number of thioether (sulfide) groups is 1. The minimum absolute atomic E-state index is 0. The van der Waals surface area contributed by atoms with Gasteiger partial charge in [-0.3, -0.25) is 10.1 Å². The van der Waals surface area contributed by atoms with Crippen molar-refractivity contribution < 1.29 is 22.3 Å². The normalized spacial score (nSPS) is 27.6. The molecule has 0 spiro atoms. The van der Waals surface area contributed by atoms with Crippen LogP contribution in [-0.2, 0) is 4.79 Å². The van der Waals surface area contributed by atoms with E-state index in [0.717, 1.165) is 0 Å². The van der Waals surface area contributed by atoms with Crippen LogP contribution in [0.1, 0.15) is 13.8 Å². The van der Waals surface area contributed by atoms with E-state index in [2.05, 4.69) is 5.32 Å². The lowest BCUT2D eigenvalue weighted by Crippen LogP contribution is -3.00. The van der Waals surface area contributed by atoms with Crippen molar-refractivity contribution in [1.29, 1.82) is 0 Å². The lowest BCUT2D eigenvalue weighted by Gasteiger charge is -2.16. The van der Waals surface area contributed by atoms with Gasteiger partial charge in [-0.05, 0) is 13.8 Å². The summed E-state index contributed by atoms with van der Waals surface area (Å²) in [6.07, 6.45) is 0. The molecule has 1 aliphatic heterocycles. The van der Waals surface area contributed by atoms with E-state index in [1.807, 2.05) is 13.8 Å². The molecule has 1 rings (SSSR count). The Morgan fingerprint density at radius 1 is 1.73 bits per heavy atom. The van der Waals surface area contributed by atoms with Crippen LogP contribution in [-0.4, -0.2) is 27.7 Å². The molecule has 2 N–H and O–H groups in total. The molecule has 0 amide bonds. The number of carbonyl (C=O) groups is 1. The largest absolute Gasteiger partial charge is 1.00 e. The molecule has 0 aromatic carbocycles. The number of halogens is 1. The van der Waals surface area contributed by atoms with Gasteiger partial charge in [-0.25, -0.2) is 0 Å². The van der Waals surface area contributed by atoms with Crippen molar-refractivity contribution in [2.24, 2.45) is 0 Å². The van der Waals surface area contributed by atoms with Crippen molar-refractivity contribution >= 4 is 17.7 Å². The lowest BCUT2D eigenvalue weighted by molar-refractivity contribution is -0.138. The van der Waals surface area contributed by atoms with E-state index in [4.69, 9.17) is 5.11 Å². The maximum atomic E-state index is 10.4. The zero-order valence-electron chi connectivity index (χ0n) is 6.43. The SMILES string of the molecule is CC1(C)NC(C(=O)O)CS1.[Cl-]. The number of aliphatic carboxylic acids is 1. The summed E-state index contributed by atoms with van der Waals surface area (Å²) >= 11 is 1.64. The summed E-state index contributed by atoms with van der Waals surface area (Å²) in [5, 5.41) is 11.6. The van der Waals surface area contributed by atoms with Crippen molar-refractivity contribution in [3.05, 3.63) is 0 Å². The van der Waals surface area contributed by atoms with Crippen molar-refractivity contribution in [2.45, 2.75) is 24.8 Å². The Hall–Kier alpha value is 0.0700. The van der Waals surface area contributed by atoms with E-state index in [1.165, 1.54) is 0 Å². The van der Waals surface area contributed by atoms with Gasteiger partial charge < -0.3 is 17.5 Å². The first kappa shape index (κ1) is 11.1. The van der Waals surface area contributed by atoms with Crippen LogP contribution in [0, 0.1) is 0 Å². The van der Waals surface area contributed by atoms with Gasteiger partial charge in [-0.1, -0.05) is 0 Å². The second-order valence-electron chi connectivity index (χ2n) is 2.86. The van der Waals surface area contributed by atoms with Crippen LogP contribution >= 0.6 is 11.8 Å². The first-order valence-electron chi connectivity index (χ1n) is 3.16. The van der Waals surface area contributed by atoms with Gasteiger partial charge in [0.2, 0.25) is 0 Å². The minimum Gasteiger partial charge on any atom is -1.00 e. The van der Waals surface area contributed by atoms with E-state index in [0.29, 0.717) is 5.75 Å². The van der Waals surface area contributed by atoms with Crippen LogP contribution in [0.25, 0.3) is 0 Å². The summed E-state index contributed by atoms with van der Waals surface area (Å²) in [5.41, 5.74) is 0. The van der Waals surface area contributed by atoms with Crippen LogP contribution in [0.15, 0.2) is 0 Å². The summed E-state index contributed by atoms with van der Waals surface area (Å²) in [7, 11) is 0. The van der Waals surface area contributed by atoms with Crippen LogP contribution < -0.4 is 17.7 Å². The molecule has 1 atom stereocenters. The van der Waals surface area contributed by atoms with Crippen LogP contribution in [0.2, 0.25) is 0 Å². The van der Waals surface area contributed by atoms with Gasteiger partial charge in [0.05, 0.1) is 4.87 Å². The number of hydrogen-bond donors (Lipinski definition) is 2. The smallest absolute Gasteiger partial charge is 0.321 e. The molecule has 0 aromatic rings. The molecule has 1 aliphatic rings. The molecule has 0 saturated carbocycles. The highest BCUT2D eigenvalue weighted by molar-refractivity contribution is 8.00. The van der Waals surface area contributed by atoms with Gasteiger partial charge in [-0.15, -0.1) is 11.8 Å². The standard InChI is InChI=1S/C6H11NO2S.ClH/c1-6(2)7-4(3-10-6)5(8)9;/h4,7H,3H2,1-2H3,(H,8,9);1H/p-1. The fourth-order valence-corrected chi connectivity index (χ4v) is 1.96. The number of hydrogen-bond acceptors (Lipinski definition) is 3. The molecule has 66 valence electrons. The predicted octanol–water partition coefficient (Wildman–Crippen LogP) is -2.48.